The zero-order valence-corrected chi connectivity index (χ0v) is 12.3. The Morgan fingerprint density at radius 1 is 1.42 bits per heavy atom. The summed E-state index contributed by atoms with van der Waals surface area (Å²) in [4.78, 5) is 16.4. The van der Waals surface area contributed by atoms with E-state index in [1.165, 1.54) is 19.3 Å². The lowest BCUT2D eigenvalue weighted by Gasteiger charge is -2.21. The van der Waals surface area contributed by atoms with Gasteiger partial charge in [-0.2, -0.15) is 0 Å². The summed E-state index contributed by atoms with van der Waals surface area (Å²) in [6.45, 7) is 7.78. The van der Waals surface area contributed by atoms with Crippen LogP contribution in [0.5, 0.6) is 0 Å². The number of hydrogen-bond acceptors (Lipinski definition) is 3. The standard InChI is InChI=1S/C15H25N3O/c1-4-16-14-7-5-6-13(14)8-9-18-12(3)17-11(2)10-15(18)19/h10,13-14,16H,4-9H2,1-3H3. The maximum Gasteiger partial charge on any atom is 0.253 e. The lowest BCUT2D eigenvalue weighted by atomic mass is 9.99. The highest BCUT2D eigenvalue weighted by atomic mass is 16.1. The van der Waals surface area contributed by atoms with Crippen LogP contribution in [-0.4, -0.2) is 22.1 Å². The quantitative estimate of drug-likeness (QED) is 0.884. The molecule has 0 aromatic carbocycles. The van der Waals surface area contributed by atoms with Gasteiger partial charge in [0.25, 0.3) is 5.56 Å². The maximum atomic E-state index is 12.0. The Kier molecular flexibility index (Phi) is 4.75. The monoisotopic (exact) mass is 263 g/mol. The normalized spacial score (nSPS) is 22.9. The summed E-state index contributed by atoms with van der Waals surface area (Å²) in [5.74, 6) is 1.54. The fourth-order valence-electron chi connectivity index (χ4n) is 3.24. The average Bonchev–Trinajstić information content (AvgIpc) is 2.76. The van der Waals surface area contributed by atoms with Crippen molar-refractivity contribution in [3.05, 3.63) is 27.9 Å². The zero-order valence-electron chi connectivity index (χ0n) is 12.3. The largest absolute Gasteiger partial charge is 0.314 e. The molecule has 0 saturated heterocycles. The molecule has 1 heterocycles. The molecule has 1 fully saturated rings. The third-order valence-electron chi connectivity index (χ3n) is 4.18. The number of nitrogens with one attached hydrogen (secondary N) is 1. The Hall–Kier alpha value is -1.16. The van der Waals surface area contributed by atoms with Crippen LogP contribution >= 0.6 is 0 Å². The first kappa shape index (κ1) is 14.3. The van der Waals surface area contributed by atoms with Crippen LogP contribution in [0, 0.1) is 19.8 Å². The molecule has 0 amide bonds. The average molecular weight is 263 g/mol. The molecule has 2 atom stereocenters. The molecule has 2 rings (SSSR count). The third-order valence-corrected chi connectivity index (χ3v) is 4.18. The second-order valence-corrected chi connectivity index (χ2v) is 5.58. The lowest BCUT2D eigenvalue weighted by Crippen LogP contribution is -2.33. The molecule has 4 heteroatoms. The Balaban J connectivity index is 2.01. The minimum Gasteiger partial charge on any atom is -0.314 e. The Labute approximate surface area is 115 Å². The van der Waals surface area contributed by atoms with E-state index in [1.54, 1.807) is 6.07 Å². The van der Waals surface area contributed by atoms with E-state index in [1.807, 2.05) is 18.4 Å². The molecular weight excluding hydrogens is 238 g/mol. The second kappa shape index (κ2) is 6.33. The van der Waals surface area contributed by atoms with E-state index in [0.717, 1.165) is 31.0 Å². The predicted molar refractivity (Wildman–Crippen MR) is 77.4 cm³/mol. The third kappa shape index (κ3) is 3.44. The van der Waals surface area contributed by atoms with E-state index in [9.17, 15) is 4.79 Å². The van der Waals surface area contributed by atoms with Crippen LogP contribution < -0.4 is 10.9 Å². The Morgan fingerprint density at radius 2 is 2.21 bits per heavy atom. The van der Waals surface area contributed by atoms with Crippen LogP contribution in [0.2, 0.25) is 0 Å². The number of hydrogen-bond donors (Lipinski definition) is 1. The smallest absolute Gasteiger partial charge is 0.253 e. The highest BCUT2D eigenvalue weighted by molar-refractivity contribution is 5.01. The molecule has 1 N–H and O–H groups in total. The number of rotatable bonds is 5. The molecule has 0 aliphatic heterocycles. The van der Waals surface area contributed by atoms with Gasteiger partial charge < -0.3 is 5.32 Å². The molecule has 1 aliphatic rings. The van der Waals surface area contributed by atoms with E-state index in [-0.39, 0.29) is 5.56 Å². The van der Waals surface area contributed by atoms with Crippen molar-refractivity contribution in [2.45, 2.75) is 59.0 Å². The molecule has 1 saturated carbocycles. The van der Waals surface area contributed by atoms with Gasteiger partial charge >= 0.3 is 0 Å². The fourth-order valence-corrected chi connectivity index (χ4v) is 3.24. The van der Waals surface area contributed by atoms with Crippen molar-refractivity contribution in [1.29, 1.82) is 0 Å². The lowest BCUT2D eigenvalue weighted by molar-refractivity contribution is 0.361. The fraction of sp³-hybridized carbons (Fsp3) is 0.733. The van der Waals surface area contributed by atoms with E-state index < -0.39 is 0 Å². The zero-order chi connectivity index (χ0) is 13.8. The van der Waals surface area contributed by atoms with Gasteiger partial charge in [-0.25, -0.2) is 4.98 Å². The molecule has 19 heavy (non-hydrogen) atoms. The second-order valence-electron chi connectivity index (χ2n) is 5.58. The van der Waals surface area contributed by atoms with E-state index >= 15 is 0 Å². The van der Waals surface area contributed by atoms with E-state index in [0.29, 0.717) is 12.0 Å². The van der Waals surface area contributed by atoms with E-state index in [4.69, 9.17) is 0 Å². The van der Waals surface area contributed by atoms with Crippen molar-refractivity contribution in [2.24, 2.45) is 5.92 Å². The minimum absolute atomic E-state index is 0.0861. The van der Waals surface area contributed by atoms with Crippen LogP contribution in [0.1, 0.15) is 44.1 Å². The van der Waals surface area contributed by atoms with Crippen molar-refractivity contribution >= 4 is 0 Å². The van der Waals surface area contributed by atoms with Crippen molar-refractivity contribution in [2.75, 3.05) is 6.54 Å². The summed E-state index contributed by atoms with van der Waals surface area (Å²) >= 11 is 0. The number of aromatic nitrogens is 2. The highest BCUT2D eigenvalue weighted by Gasteiger charge is 2.26. The molecule has 2 unspecified atom stereocenters. The molecule has 0 spiro atoms. The van der Waals surface area contributed by atoms with Crippen LogP contribution in [0.25, 0.3) is 0 Å². The summed E-state index contributed by atoms with van der Waals surface area (Å²) in [6, 6.07) is 2.27. The summed E-state index contributed by atoms with van der Waals surface area (Å²) < 4.78 is 1.81. The minimum atomic E-state index is 0.0861. The summed E-state index contributed by atoms with van der Waals surface area (Å²) in [5.41, 5.74) is 0.896. The molecule has 0 bridgehead atoms. The van der Waals surface area contributed by atoms with Gasteiger partial charge in [0.15, 0.2) is 0 Å². The van der Waals surface area contributed by atoms with E-state index in [2.05, 4.69) is 17.2 Å². The Morgan fingerprint density at radius 3 is 2.89 bits per heavy atom. The van der Waals surface area contributed by atoms with Crippen LogP contribution in [0.3, 0.4) is 0 Å². The first-order chi connectivity index (χ1) is 9.11. The molecular formula is C15H25N3O. The maximum absolute atomic E-state index is 12.0. The Bertz CT molecular complexity index is 481. The SMILES string of the molecule is CCNC1CCCC1CCn1c(C)nc(C)cc1=O. The van der Waals surface area contributed by atoms with Gasteiger partial charge in [-0.15, -0.1) is 0 Å². The van der Waals surface area contributed by atoms with Crippen molar-refractivity contribution in [1.82, 2.24) is 14.9 Å². The van der Waals surface area contributed by atoms with Gasteiger partial charge in [0.05, 0.1) is 0 Å². The molecule has 1 aromatic rings. The topological polar surface area (TPSA) is 46.9 Å². The summed E-state index contributed by atoms with van der Waals surface area (Å²) in [7, 11) is 0. The summed E-state index contributed by atoms with van der Waals surface area (Å²) in [6.07, 6.45) is 4.94. The van der Waals surface area contributed by atoms with Crippen molar-refractivity contribution < 1.29 is 0 Å². The highest BCUT2D eigenvalue weighted by Crippen LogP contribution is 2.28. The van der Waals surface area contributed by atoms with Crippen molar-refractivity contribution in [3.63, 3.8) is 0 Å². The van der Waals surface area contributed by atoms with Crippen molar-refractivity contribution in [3.8, 4) is 0 Å². The van der Waals surface area contributed by atoms with Gasteiger partial charge in [-0.1, -0.05) is 13.3 Å². The van der Waals surface area contributed by atoms with Gasteiger partial charge in [0, 0.05) is 24.3 Å². The van der Waals surface area contributed by atoms with Crippen LogP contribution in [0.4, 0.5) is 0 Å². The van der Waals surface area contributed by atoms with Crippen LogP contribution in [0.15, 0.2) is 10.9 Å². The van der Waals surface area contributed by atoms with Gasteiger partial charge in [0.1, 0.15) is 5.82 Å². The van der Waals surface area contributed by atoms with Gasteiger partial charge in [-0.3, -0.25) is 9.36 Å². The number of aryl methyl sites for hydroxylation is 2. The molecule has 0 radical (unpaired) electrons. The predicted octanol–water partition coefficient (Wildman–Crippen LogP) is 2.03. The molecule has 106 valence electrons. The number of nitrogens with zero attached hydrogens (tertiary/aromatic N) is 2. The first-order valence-corrected chi connectivity index (χ1v) is 7.40. The summed E-state index contributed by atoms with van der Waals surface area (Å²) in [5, 5.41) is 3.57. The molecule has 1 aliphatic carbocycles. The van der Waals surface area contributed by atoms with Gasteiger partial charge in [0.2, 0.25) is 0 Å². The molecule has 4 nitrogen and oxygen atoms in total. The van der Waals surface area contributed by atoms with Gasteiger partial charge in [-0.05, 0) is 45.6 Å². The first-order valence-electron chi connectivity index (χ1n) is 7.40. The molecule has 1 aromatic heterocycles. The van der Waals surface area contributed by atoms with Crippen LogP contribution in [-0.2, 0) is 6.54 Å².